The first-order valence-corrected chi connectivity index (χ1v) is 11.7. The molecular weight excluding hydrogens is 492 g/mol. The van der Waals surface area contributed by atoms with Crippen LogP contribution >= 0.6 is 11.8 Å². The number of benzene rings is 1. The lowest BCUT2D eigenvalue weighted by atomic mass is 9.80. The molecule has 2 aliphatic heterocycles. The minimum Gasteiger partial charge on any atom is -0.508 e. The van der Waals surface area contributed by atoms with Crippen LogP contribution in [0.4, 0.5) is 0 Å². The summed E-state index contributed by atoms with van der Waals surface area (Å²) in [5, 5.41) is 21.2. The number of phenols is 1. The smallest absolute Gasteiger partial charge is 0.342 e. The SMILES string of the molecule is COC(=O)C1=C([C@H](C(=O)N[C@@H]2C(=O)N3[C@@H]2SC(C)(C)[C@@H]3C(=O)O)c2ccc(O)cc2)C(=O)C=CC1=O. The van der Waals surface area contributed by atoms with Crippen LogP contribution < -0.4 is 5.32 Å². The Kier molecular flexibility index (Phi) is 6.25. The first-order chi connectivity index (χ1) is 16.9. The number of β-lactam (4-membered cyclic amide) rings is 1. The van der Waals surface area contributed by atoms with Gasteiger partial charge in [0.05, 0.1) is 13.0 Å². The molecule has 2 fully saturated rings. The number of rotatable bonds is 6. The number of carboxylic acids is 1. The molecular formula is C24H22N2O9S. The van der Waals surface area contributed by atoms with Crippen molar-refractivity contribution in [2.24, 2.45) is 0 Å². The van der Waals surface area contributed by atoms with Gasteiger partial charge in [0, 0.05) is 10.3 Å². The lowest BCUT2D eigenvalue weighted by Gasteiger charge is -2.44. The average molecular weight is 515 g/mol. The van der Waals surface area contributed by atoms with Crippen molar-refractivity contribution in [2.45, 2.75) is 42.0 Å². The number of carbonyl (C=O) groups is 6. The number of carbonyl (C=O) groups excluding carboxylic acids is 5. The molecule has 1 aromatic carbocycles. The lowest BCUT2D eigenvalue weighted by molar-refractivity contribution is -0.161. The Bertz CT molecular complexity index is 1260. The first kappa shape index (κ1) is 25.2. The third-order valence-corrected chi connectivity index (χ3v) is 7.88. The zero-order valence-electron chi connectivity index (χ0n) is 19.4. The zero-order valence-corrected chi connectivity index (χ0v) is 20.2. The van der Waals surface area contributed by atoms with Crippen molar-refractivity contribution in [1.82, 2.24) is 10.2 Å². The maximum absolute atomic E-state index is 13.6. The summed E-state index contributed by atoms with van der Waals surface area (Å²) in [5.74, 6) is -6.95. The quantitative estimate of drug-likeness (QED) is 0.208. The number of hydrogen-bond acceptors (Lipinski definition) is 9. The fourth-order valence-corrected chi connectivity index (χ4v) is 6.30. The number of nitrogens with one attached hydrogen (secondary N) is 1. The van der Waals surface area contributed by atoms with Gasteiger partial charge in [-0.2, -0.15) is 0 Å². The van der Waals surface area contributed by atoms with Gasteiger partial charge in [-0.1, -0.05) is 12.1 Å². The van der Waals surface area contributed by atoms with Crippen LogP contribution in [0.1, 0.15) is 25.3 Å². The predicted octanol–water partition coefficient (Wildman–Crippen LogP) is 0.285. The van der Waals surface area contributed by atoms with Gasteiger partial charge in [0.2, 0.25) is 11.8 Å². The van der Waals surface area contributed by atoms with Gasteiger partial charge in [-0.3, -0.25) is 19.2 Å². The maximum atomic E-state index is 13.6. The van der Waals surface area contributed by atoms with Crippen LogP contribution in [0, 0.1) is 0 Å². The first-order valence-electron chi connectivity index (χ1n) is 10.8. The van der Waals surface area contributed by atoms with Crippen LogP contribution in [0.5, 0.6) is 5.75 Å². The number of esters is 1. The molecule has 188 valence electrons. The Morgan fingerprint density at radius 2 is 1.69 bits per heavy atom. The minimum atomic E-state index is -1.50. The molecule has 36 heavy (non-hydrogen) atoms. The largest absolute Gasteiger partial charge is 0.508 e. The molecule has 0 radical (unpaired) electrons. The Labute approximate surface area is 209 Å². The van der Waals surface area contributed by atoms with Crippen molar-refractivity contribution < 1.29 is 43.7 Å². The number of methoxy groups -OCH3 is 1. The van der Waals surface area contributed by atoms with E-state index in [0.29, 0.717) is 0 Å². The highest BCUT2D eigenvalue weighted by Crippen LogP contribution is 2.51. The van der Waals surface area contributed by atoms with Crippen LogP contribution in [-0.2, 0) is 33.5 Å². The van der Waals surface area contributed by atoms with E-state index >= 15 is 0 Å². The summed E-state index contributed by atoms with van der Waals surface area (Å²) in [6.07, 6.45) is 1.84. The van der Waals surface area contributed by atoms with Crippen molar-refractivity contribution in [3.63, 3.8) is 0 Å². The Balaban J connectivity index is 1.74. The number of ether oxygens (including phenoxy) is 1. The van der Waals surface area contributed by atoms with E-state index in [1.807, 2.05) is 0 Å². The van der Waals surface area contributed by atoms with Gasteiger partial charge in [-0.05, 0) is 43.7 Å². The fourth-order valence-electron chi connectivity index (χ4n) is 4.68. The van der Waals surface area contributed by atoms with E-state index in [9.17, 15) is 39.0 Å². The van der Waals surface area contributed by atoms with Crippen LogP contribution in [0.3, 0.4) is 0 Å². The number of amides is 2. The second-order valence-corrected chi connectivity index (χ2v) is 10.7. The van der Waals surface area contributed by atoms with Crippen LogP contribution in [0.15, 0.2) is 47.6 Å². The molecule has 3 N–H and O–H groups in total. The van der Waals surface area contributed by atoms with Gasteiger partial charge in [0.15, 0.2) is 11.6 Å². The number of thioether (sulfide) groups is 1. The number of aliphatic carboxylic acids is 1. The summed E-state index contributed by atoms with van der Waals surface area (Å²) in [5.41, 5.74) is -0.865. The second-order valence-electron chi connectivity index (χ2n) is 8.95. The normalized spacial score (nSPS) is 25.2. The van der Waals surface area contributed by atoms with Crippen molar-refractivity contribution in [3.05, 3.63) is 53.1 Å². The molecule has 0 bridgehead atoms. The third kappa shape index (κ3) is 3.96. The van der Waals surface area contributed by atoms with Crippen LogP contribution in [-0.4, -0.2) is 79.7 Å². The summed E-state index contributed by atoms with van der Waals surface area (Å²) in [6, 6.07) is 3.06. The van der Waals surface area contributed by atoms with E-state index in [0.717, 1.165) is 19.3 Å². The van der Waals surface area contributed by atoms with E-state index in [-0.39, 0.29) is 11.3 Å². The highest BCUT2D eigenvalue weighted by atomic mass is 32.2. The van der Waals surface area contributed by atoms with Gasteiger partial charge in [-0.15, -0.1) is 11.8 Å². The topological polar surface area (TPSA) is 167 Å². The third-order valence-electron chi connectivity index (χ3n) is 6.31. The Morgan fingerprint density at radius 1 is 1.08 bits per heavy atom. The molecule has 4 atom stereocenters. The molecule has 12 heteroatoms. The Hall–Kier alpha value is -3.93. The van der Waals surface area contributed by atoms with Gasteiger partial charge in [-0.25, -0.2) is 9.59 Å². The molecule has 1 aliphatic carbocycles. The lowest BCUT2D eigenvalue weighted by Crippen LogP contribution is -2.71. The standard InChI is InChI=1S/C24H22N2O9S/c1-24(2)18(22(32)33)26-20(31)17(21(26)36-24)25-19(30)14(10-4-6-11(27)7-5-10)15-12(28)8-9-13(29)16(15)23(34)35-3/h4-9,14,17-18,21,27H,1-3H3,(H,25,30)(H,32,33)/t14-,17-,18+,21-/m1/s1. The van der Waals surface area contributed by atoms with Crippen molar-refractivity contribution >= 4 is 47.1 Å². The monoisotopic (exact) mass is 514 g/mol. The number of carboxylic acid groups (broad SMARTS) is 1. The van der Waals surface area contributed by atoms with E-state index in [2.05, 4.69) is 10.1 Å². The number of ketones is 2. The highest BCUT2D eigenvalue weighted by Gasteiger charge is 2.64. The van der Waals surface area contributed by atoms with Gasteiger partial charge >= 0.3 is 11.9 Å². The predicted molar refractivity (Wildman–Crippen MR) is 125 cm³/mol. The highest BCUT2D eigenvalue weighted by molar-refractivity contribution is 8.01. The molecule has 0 spiro atoms. The summed E-state index contributed by atoms with van der Waals surface area (Å²) < 4.78 is 3.85. The molecule has 11 nitrogen and oxygen atoms in total. The van der Waals surface area contributed by atoms with E-state index in [4.69, 9.17) is 0 Å². The molecule has 2 amide bonds. The number of allylic oxidation sites excluding steroid dienone is 2. The number of nitrogens with zero attached hydrogens (tertiary/aromatic N) is 1. The van der Waals surface area contributed by atoms with Gasteiger partial charge < -0.3 is 25.2 Å². The molecule has 2 heterocycles. The second kappa shape index (κ2) is 8.94. The summed E-state index contributed by atoms with van der Waals surface area (Å²) >= 11 is 1.22. The van der Waals surface area contributed by atoms with E-state index < -0.39 is 74.6 Å². The molecule has 0 aromatic heterocycles. The van der Waals surface area contributed by atoms with Crippen LogP contribution in [0.25, 0.3) is 0 Å². The van der Waals surface area contributed by atoms with Gasteiger partial charge in [0.25, 0.3) is 0 Å². The Morgan fingerprint density at radius 3 is 2.28 bits per heavy atom. The van der Waals surface area contributed by atoms with E-state index in [1.54, 1.807) is 13.8 Å². The average Bonchev–Trinajstić information content (AvgIpc) is 3.08. The van der Waals surface area contributed by atoms with Crippen molar-refractivity contribution in [2.75, 3.05) is 7.11 Å². The summed E-state index contributed by atoms with van der Waals surface area (Å²) in [6.45, 7) is 3.37. The van der Waals surface area contributed by atoms with Crippen molar-refractivity contribution in [1.29, 1.82) is 0 Å². The molecule has 2 saturated heterocycles. The molecule has 3 aliphatic rings. The zero-order chi connectivity index (χ0) is 26.5. The van der Waals surface area contributed by atoms with Crippen molar-refractivity contribution in [3.8, 4) is 5.75 Å². The molecule has 0 saturated carbocycles. The molecule has 0 unspecified atom stereocenters. The maximum Gasteiger partial charge on any atom is 0.342 e. The number of fused-ring (bicyclic) bond motifs is 1. The van der Waals surface area contributed by atoms with E-state index in [1.165, 1.54) is 40.9 Å². The minimum absolute atomic E-state index is 0.125. The summed E-state index contributed by atoms with van der Waals surface area (Å²) in [4.78, 5) is 77.3. The number of phenolic OH excluding ortho intramolecular Hbond substituents is 1. The summed E-state index contributed by atoms with van der Waals surface area (Å²) in [7, 11) is 1.03. The molecule has 4 rings (SSSR count). The molecule has 1 aromatic rings. The number of aromatic hydroxyl groups is 1. The van der Waals surface area contributed by atoms with Crippen LogP contribution in [0.2, 0.25) is 0 Å². The number of hydrogen-bond donors (Lipinski definition) is 3. The fraction of sp³-hybridized carbons (Fsp3) is 0.333. The van der Waals surface area contributed by atoms with Gasteiger partial charge in [0.1, 0.15) is 28.8 Å².